The van der Waals surface area contributed by atoms with Crippen LogP contribution in [0.25, 0.3) is 21.9 Å². The molecule has 1 nitrogen and oxygen atoms in total. The van der Waals surface area contributed by atoms with Gasteiger partial charge in [-0.25, -0.2) is 0 Å². The molecule has 0 saturated heterocycles. The molecular weight excluding hydrogens is 629 g/mol. The van der Waals surface area contributed by atoms with Crippen LogP contribution in [0.1, 0.15) is 69.4 Å². The summed E-state index contributed by atoms with van der Waals surface area (Å²) in [5.41, 5.74) is 8.99. The summed E-state index contributed by atoms with van der Waals surface area (Å²) in [6.07, 6.45) is 0. The Labute approximate surface area is 317 Å². The van der Waals surface area contributed by atoms with Crippen LogP contribution in [0.15, 0.2) is 176 Å². The van der Waals surface area contributed by atoms with Gasteiger partial charge in [0.15, 0.2) is 0 Å². The minimum Gasteiger partial charge on any atom is -0.457 e. The minimum absolute atomic E-state index is 0.879. The summed E-state index contributed by atoms with van der Waals surface area (Å²) in [6, 6.07) is 60.3. The van der Waals surface area contributed by atoms with Gasteiger partial charge in [0.1, 0.15) is 11.5 Å². The number of ether oxygens (including phenoxy) is 1. The lowest BCUT2D eigenvalue weighted by atomic mass is 10.0. The van der Waals surface area contributed by atoms with Crippen LogP contribution in [0.5, 0.6) is 11.5 Å². The Kier molecular flexibility index (Phi) is 23.5. The third-order valence-corrected chi connectivity index (χ3v) is 7.31. The maximum Gasteiger partial charge on any atom is 0.127 e. The zero-order valence-corrected chi connectivity index (χ0v) is 33.7. The maximum absolute atomic E-state index is 5.69. The van der Waals surface area contributed by atoms with Gasteiger partial charge in [-0.2, -0.15) is 0 Å². The van der Waals surface area contributed by atoms with Gasteiger partial charge in [-0.3, -0.25) is 0 Å². The average molecular weight is 691 g/mol. The van der Waals surface area contributed by atoms with E-state index in [4.69, 9.17) is 4.74 Å². The molecule has 0 aliphatic rings. The molecule has 7 rings (SSSR count). The zero-order chi connectivity index (χ0) is 38.6. The Morgan fingerprint density at radius 1 is 0.250 bits per heavy atom. The molecule has 0 saturated carbocycles. The molecule has 0 amide bonds. The van der Waals surface area contributed by atoms with Gasteiger partial charge in [0, 0.05) is 0 Å². The number of hydrogen-bond acceptors (Lipinski definition) is 1. The van der Waals surface area contributed by atoms with E-state index in [1.807, 2.05) is 108 Å². The highest BCUT2D eigenvalue weighted by atomic mass is 16.5. The Bertz CT molecular complexity index is 1700. The normalized spacial score (nSPS) is 9.06. The van der Waals surface area contributed by atoms with Gasteiger partial charge >= 0.3 is 0 Å². The summed E-state index contributed by atoms with van der Waals surface area (Å²) in [4.78, 5) is 0. The number of rotatable bonds is 3. The average Bonchev–Trinajstić information content (AvgIpc) is 3.21. The summed E-state index contributed by atoms with van der Waals surface area (Å²) in [5.74, 6) is 1.76. The molecule has 1 heteroatoms. The molecule has 7 aromatic rings. The molecular formula is C51H62O. The highest BCUT2D eigenvalue weighted by Gasteiger charge is 1.97. The maximum atomic E-state index is 5.69. The third-order valence-electron chi connectivity index (χ3n) is 7.31. The van der Waals surface area contributed by atoms with Gasteiger partial charge in [-0.05, 0) is 80.8 Å². The molecule has 272 valence electrons. The van der Waals surface area contributed by atoms with E-state index < -0.39 is 0 Å². The standard InChI is InChI=1S/C14H14O.C14H14.C10H8.C7H8.3C2H6/c1-11-3-7-13(8-4-11)15-14-9-5-12(2)6-10-14;1-11-3-7-13(8-4-11)14-9-5-12(2)6-10-14;1-2-6-10-8-4-3-7-9(10)5-1;1-7-5-3-2-4-6-7;3*1-2/h3-10H,1-2H3;3-10H,1-2H3;1-8H;2-6H,1H3;3*1-2H3. The highest BCUT2D eigenvalue weighted by Crippen LogP contribution is 2.22. The summed E-state index contributed by atoms with van der Waals surface area (Å²) >= 11 is 0. The van der Waals surface area contributed by atoms with Crippen LogP contribution in [0.3, 0.4) is 0 Å². The van der Waals surface area contributed by atoms with Crippen molar-refractivity contribution in [3.63, 3.8) is 0 Å². The van der Waals surface area contributed by atoms with E-state index in [-0.39, 0.29) is 0 Å². The van der Waals surface area contributed by atoms with E-state index >= 15 is 0 Å². The first-order valence-corrected chi connectivity index (χ1v) is 18.8. The molecule has 7 aromatic carbocycles. The SMILES string of the molecule is CC.CC.CC.Cc1ccc(-c2ccc(C)cc2)cc1.Cc1ccc(Oc2ccc(C)cc2)cc1.Cc1ccccc1.c1ccc2ccccc2c1. The quantitative estimate of drug-likeness (QED) is 0.179. The van der Waals surface area contributed by atoms with Crippen molar-refractivity contribution in [2.75, 3.05) is 0 Å². The van der Waals surface area contributed by atoms with E-state index in [1.165, 1.54) is 49.7 Å². The smallest absolute Gasteiger partial charge is 0.127 e. The Morgan fingerprint density at radius 3 is 0.731 bits per heavy atom. The predicted octanol–water partition coefficient (Wildman–Crippen LogP) is 16.0. The first-order valence-electron chi connectivity index (χ1n) is 18.8. The monoisotopic (exact) mass is 690 g/mol. The first kappa shape index (κ1) is 44.6. The molecule has 0 spiro atoms. The van der Waals surface area contributed by atoms with Gasteiger partial charge in [0.25, 0.3) is 0 Å². The number of fused-ring (bicyclic) bond motifs is 1. The van der Waals surface area contributed by atoms with E-state index in [2.05, 4.69) is 144 Å². The van der Waals surface area contributed by atoms with Gasteiger partial charge in [0.05, 0.1) is 0 Å². The van der Waals surface area contributed by atoms with Crippen LogP contribution in [0.2, 0.25) is 0 Å². The molecule has 52 heavy (non-hydrogen) atoms. The fourth-order valence-electron chi connectivity index (χ4n) is 4.51. The van der Waals surface area contributed by atoms with Crippen LogP contribution in [0, 0.1) is 34.6 Å². The van der Waals surface area contributed by atoms with Crippen molar-refractivity contribution < 1.29 is 4.74 Å². The van der Waals surface area contributed by atoms with Crippen LogP contribution >= 0.6 is 0 Å². The van der Waals surface area contributed by atoms with E-state index in [1.54, 1.807) is 0 Å². The highest BCUT2D eigenvalue weighted by molar-refractivity contribution is 5.82. The van der Waals surface area contributed by atoms with E-state index in [0.717, 1.165) is 11.5 Å². The van der Waals surface area contributed by atoms with Gasteiger partial charge in [-0.15, -0.1) is 0 Å². The largest absolute Gasteiger partial charge is 0.457 e. The van der Waals surface area contributed by atoms with Crippen molar-refractivity contribution in [3.8, 4) is 22.6 Å². The number of aryl methyl sites for hydroxylation is 5. The summed E-state index contributed by atoms with van der Waals surface area (Å²) in [6.45, 7) is 22.4. The Morgan fingerprint density at radius 2 is 0.481 bits per heavy atom. The van der Waals surface area contributed by atoms with E-state index in [0.29, 0.717) is 0 Å². The van der Waals surface area contributed by atoms with Crippen molar-refractivity contribution in [1.82, 2.24) is 0 Å². The second-order valence-electron chi connectivity index (χ2n) is 11.5. The second kappa shape index (κ2) is 27.3. The fourth-order valence-corrected chi connectivity index (χ4v) is 4.51. The van der Waals surface area contributed by atoms with Gasteiger partial charge in [-0.1, -0.05) is 221 Å². The lowest BCUT2D eigenvalue weighted by molar-refractivity contribution is 0.482. The molecule has 0 aromatic heterocycles. The lowest BCUT2D eigenvalue weighted by Crippen LogP contribution is -1.84. The fraction of sp³-hybridized carbons (Fsp3) is 0.216. The van der Waals surface area contributed by atoms with Crippen LogP contribution in [-0.2, 0) is 0 Å². The molecule has 0 radical (unpaired) electrons. The minimum atomic E-state index is 0.879. The van der Waals surface area contributed by atoms with Crippen molar-refractivity contribution >= 4 is 10.8 Å². The third kappa shape index (κ3) is 18.0. The van der Waals surface area contributed by atoms with Crippen molar-refractivity contribution in [1.29, 1.82) is 0 Å². The lowest BCUT2D eigenvalue weighted by Gasteiger charge is -2.05. The van der Waals surface area contributed by atoms with Crippen molar-refractivity contribution in [2.45, 2.75) is 76.2 Å². The first-order chi connectivity index (χ1) is 25.4. The summed E-state index contributed by atoms with van der Waals surface area (Å²) in [7, 11) is 0. The van der Waals surface area contributed by atoms with Crippen molar-refractivity contribution in [2.24, 2.45) is 0 Å². The van der Waals surface area contributed by atoms with Crippen LogP contribution in [-0.4, -0.2) is 0 Å². The van der Waals surface area contributed by atoms with Gasteiger partial charge < -0.3 is 4.74 Å². The molecule has 0 aliphatic heterocycles. The predicted molar refractivity (Wildman–Crippen MR) is 233 cm³/mol. The molecule has 0 aliphatic carbocycles. The molecule has 0 N–H and O–H groups in total. The second-order valence-corrected chi connectivity index (χ2v) is 11.5. The van der Waals surface area contributed by atoms with E-state index in [9.17, 15) is 0 Å². The zero-order valence-electron chi connectivity index (χ0n) is 33.7. The molecule has 0 bridgehead atoms. The van der Waals surface area contributed by atoms with Crippen LogP contribution < -0.4 is 4.74 Å². The molecule has 0 unspecified atom stereocenters. The molecule has 0 heterocycles. The van der Waals surface area contributed by atoms with Crippen molar-refractivity contribution in [3.05, 3.63) is 204 Å². The topological polar surface area (TPSA) is 9.23 Å². The number of benzene rings is 7. The summed E-state index contributed by atoms with van der Waals surface area (Å²) < 4.78 is 5.69. The molecule has 0 atom stereocenters. The van der Waals surface area contributed by atoms with Gasteiger partial charge in [0.2, 0.25) is 0 Å². The molecule has 0 fully saturated rings. The number of hydrogen-bond donors (Lipinski definition) is 0. The Hall–Kier alpha value is -5.40. The Balaban J connectivity index is 0.000000339. The van der Waals surface area contributed by atoms with Crippen LogP contribution in [0.4, 0.5) is 0 Å². The summed E-state index contributed by atoms with van der Waals surface area (Å²) in [5, 5.41) is 2.62.